The maximum atomic E-state index is 13.1. The molecule has 0 bridgehead atoms. The minimum absolute atomic E-state index is 0.150. The van der Waals surface area contributed by atoms with Crippen LogP contribution in [0.15, 0.2) is 34.2 Å². The molecule has 25 heavy (non-hydrogen) atoms. The van der Waals surface area contributed by atoms with E-state index >= 15 is 0 Å². The molecule has 3 rings (SSSR count). The predicted octanol–water partition coefficient (Wildman–Crippen LogP) is 3.10. The number of hydrogen-bond acceptors (Lipinski definition) is 5. The lowest BCUT2D eigenvalue weighted by atomic mass is 9.91. The van der Waals surface area contributed by atoms with E-state index in [9.17, 15) is 9.90 Å². The maximum Gasteiger partial charge on any atom is 0.263 e. The first-order chi connectivity index (χ1) is 12.2. The van der Waals surface area contributed by atoms with Crippen LogP contribution >= 0.6 is 11.8 Å². The van der Waals surface area contributed by atoms with Gasteiger partial charge in [0.15, 0.2) is 5.16 Å². The Labute approximate surface area is 152 Å². The highest BCUT2D eigenvalue weighted by Gasteiger charge is 2.28. The number of unbranched alkanes of at least 4 members (excludes halogenated alkanes) is 1. The fraction of sp³-hybridized carbons (Fsp3) is 0.474. The van der Waals surface area contributed by atoms with E-state index in [0.29, 0.717) is 17.3 Å². The van der Waals surface area contributed by atoms with Crippen LogP contribution in [0.5, 0.6) is 5.88 Å². The van der Waals surface area contributed by atoms with Crippen molar-refractivity contribution in [3.63, 3.8) is 0 Å². The monoisotopic (exact) mass is 359 g/mol. The van der Waals surface area contributed by atoms with Crippen LogP contribution < -0.4 is 10.9 Å². The van der Waals surface area contributed by atoms with E-state index in [2.05, 4.69) is 23.3 Å². The molecule has 2 aromatic rings. The second kappa shape index (κ2) is 8.06. The third-order valence-corrected chi connectivity index (χ3v) is 5.65. The summed E-state index contributed by atoms with van der Waals surface area (Å²) in [6, 6.07) is 7.78. The van der Waals surface area contributed by atoms with Crippen molar-refractivity contribution in [1.29, 1.82) is 0 Å². The molecule has 0 saturated carbocycles. The van der Waals surface area contributed by atoms with Crippen molar-refractivity contribution in [2.24, 2.45) is 0 Å². The lowest BCUT2D eigenvalue weighted by Gasteiger charge is -2.27. The number of benzene rings is 1. The van der Waals surface area contributed by atoms with Crippen LogP contribution in [0.4, 0.5) is 0 Å². The first-order valence-corrected chi connectivity index (χ1v) is 9.93. The van der Waals surface area contributed by atoms with Gasteiger partial charge in [-0.2, -0.15) is 4.98 Å². The molecule has 0 radical (unpaired) electrons. The Morgan fingerprint density at radius 1 is 1.36 bits per heavy atom. The Bertz CT molecular complexity index is 804. The molecule has 2 heterocycles. The highest BCUT2D eigenvalue weighted by molar-refractivity contribution is 7.99. The highest BCUT2D eigenvalue weighted by Crippen LogP contribution is 2.31. The molecule has 0 saturated heterocycles. The van der Waals surface area contributed by atoms with E-state index < -0.39 is 0 Å². The van der Waals surface area contributed by atoms with Gasteiger partial charge in [0.25, 0.3) is 5.56 Å². The van der Waals surface area contributed by atoms with Crippen molar-refractivity contribution in [3.05, 3.63) is 51.3 Å². The zero-order valence-corrected chi connectivity index (χ0v) is 15.6. The molecule has 1 atom stereocenters. The van der Waals surface area contributed by atoms with Gasteiger partial charge in [0.2, 0.25) is 5.88 Å². The van der Waals surface area contributed by atoms with Gasteiger partial charge in [-0.1, -0.05) is 49.4 Å². The molecule has 0 aliphatic carbocycles. The van der Waals surface area contributed by atoms with Crippen molar-refractivity contribution < 1.29 is 5.11 Å². The number of nitrogens with zero attached hydrogens (tertiary/aromatic N) is 2. The van der Waals surface area contributed by atoms with Gasteiger partial charge >= 0.3 is 0 Å². The van der Waals surface area contributed by atoms with Crippen LogP contribution in [0.2, 0.25) is 0 Å². The third kappa shape index (κ3) is 3.60. The molecule has 0 amide bonds. The van der Waals surface area contributed by atoms with Crippen LogP contribution in [0.25, 0.3) is 0 Å². The van der Waals surface area contributed by atoms with Crippen molar-refractivity contribution >= 4 is 11.8 Å². The summed E-state index contributed by atoms with van der Waals surface area (Å²) in [5.41, 5.74) is 2.48. The number of nitrogens with one attached hydrogen (secondary N) is 1. The zero-order valence-electron chi connectivity index (χ0n) is 14.8. The fourth-order valence-corrected chi connectivity index (χ4v) is 4.39. The van der Waals surface area contributed by atoms with E-state index in [-0.39, 0.29) is 17.5 Å². The summed E-state index contributed by atoms with van der Waals surface area (Å²) < 4.78 is 1.67. The summed E-state index contributed by atoms with van der Waals surface area (Å²) in [5, 5.41) is 14.5. The SMILES string of the molecule is CCCCSc1nc(O)c([C@H]2NCCc3ccccc32)c(=O)n1CC. The molecule has 1 aromatic heterocycles. The zero-order chi connectivity index (χ0) is 17.8. The number of hydrogen-bond donors (Lipinski definition) is 2. The molecule has 0 fully saturated rings. The molecule has 1 aliphatic rings. The molecule has 0 unspecified atom stereocenters. The Morgan fingerprint density at radius 3 is 2.92 bits per heavy atom. The summed E-state index contributed by atoms with van der Waals surface area (Å²) in [6.07, 6.45) is 3.08. The van der Waals surface area contributed by atoms with Gasteiger partial charge in [-0.15, -0.1) is 0 Å². The largest absolute Gasteiger partial charge is 0.493 e. The van der Waals surface area contributed by atoms with Crippen molar-refractivity contribution in [3.8, 4) is 5.88 Å². The van der Waals surface area contributed by atoms with Crippen molar-refractivity contribution in [2.45, 2.75) is 50.9 Å². The summed E-state index contributed by atoms with van der Waals surface area (Å²) >= 11 is 1.54. The number of rotatable bonds is 6. The van der Waals surface area contributed by atoms with Crippen LogP contribution in [0.3, 0.4) is 0 Å². The average molecular weight is 359 g/mol. The number of aromatic hydroxyl groups is 1. The molecule has 0 spiro atoms. The molecular formula is C19H25N3O2S. The first kappa shape index (κ1) is 18.0. The molecule has 1 aromatic carbocycles. The Hall–Kier alpha value is -1.79. The van der Waals surface area contributed by atoms with Crippen LogP contribution in [-0.2, 0) is 13.0 Å². The van der Waals surface area contributed by atoms with Gasteiger partial charge in [0.05, 0.1) is 6.04 Å². The van der Waals surface area contributed by atoms with Crippen LogP contribution in [0.1, 0.15) is 49.4 Å². The summed E-state index contributed by atoms with van der Waals surface area (Å²) in [5.74, 6) is 0.745. The third-order valence-electron chi connectivity index (χ3n) is 4.59. The fourth-order valence-electron chi connectivity index (χ4n) is 3.25. The standard InChI is InChI=1S/C19H25N3O2S/c1-3-5-12-25-19-21-17(23)15(18(24)22(19)4-2)16-14-9-7-6-8-13(14)10-11-20-16/h6-9,16,20,23H,3-5,10-12H2,1-2H3/t16-/m0/s1. The van der Waals surface area contributed by atoms with E-state index in [1.54, 1.807) is 4.57 Å². The van der Waals surface area contributed by atoms with Gasteiger partial charge in [-0.3, -0.25) is 9.36 Å². The lowest BCUT2D eigenvalue weighted by molar-refractivity contribution is 0.410. The topological polar surface area (TPSA) is 67.2 Å². The van der Waals surface area contributed by atoms with E-state index in [0.717, 1.165) is 37.1 Å². The Kier molecular flexibility index (Phi) is 5.81. The van der Waals surface area contributed by atoms with Crippen molar-refractivity contribution in [2.75, 3.05) is 12.3 Å². The quantitative estimate of drug-likeness (QED) is 0.471. The number of thioether (sulfide) groups is 1. The number of aromatic nitrogens is 2. The Morgan fingerprint density at radius 2 is 2.16 bits per heavy atom. The molecule has 6 heteroatoms. The summed E-state index contributed by atoms with van der Waals surface area (Å²) in [7, 11) is 0. The van der Waals surface area contributed by atoms with Crippen molar-refractivity contribution in [1.82, 2.24) is 14.9 Å². The van der Waals surface area contributed by atoms with Crippen LogP contribution in [-0.4, -0.2) is 27.0 Å². The minimum atomic E-state index is -0.308. The maximum absolute atomic E-state index is 13.1. The minimum Gasteiger partial charge on any atom is -0.493 e. The molecule has 1 aliphatic heterocycles. The second-order valence-electron chi connectivity index (χ2n) is 6.22. The van der Waals surface area contributed by atoms with Gasteiger partial charge < -0.3 is 10.4 Å². The van der Waals surface area contributed by atoms with E-state index in [1.807, 2.05) is 25.1 Å². The smallest absolute Gasteiger partial charge is 0.263 e. The Balaban J connectivity index is 2.05. The lowest BCUT2D eigenvalue weighted by Crippen LogP contribution is -2.37. The summed E-state index contributed by atoms with van der Waals surface area (Å²) in [4.78, 5) is 17.5. The first-order valence-electron chi connectivity index (χ1n) is 8.95. The molecule has 2 N–H and O–H groups in total. The second-order valence-corrected chi connectivity index (χ2v) is 7.28. The van der Waals surface area contributed by atoms with Gasteiger partial charge in [0.1, 0.15) is 5.56 Å². The van der Waals surface area contributed by atoms with Gasteiger partial charge in [-0.25, -0.2) is 0 Å². The molecule has 5 nitrogen and oxygen atoms in total. The number of fused-ring (bicyclic) bond motifs is 1. The van der Waals surface area contributed by atoms with Crippen LogP contribution in [0, 0.1) is 0 Å². The average Bonchev–Trinajstić information content (AvgIpc) is 2.62. The van der Waals surface area contributed by atoms with E-state index in [4.69, 9.17) is 0 Å². The molecule has 134 valence electrons. The predicted molar refractivity (Wildman–Crippen MR) is 101 cm³/mol. The summed E-state index contributed by atoms with van der Waals surface area (Å²) in [6.45, 7) is 5.39. The van der Waals surface area contributed by atoms with E-state index in [1.165, 1.54) is 17.3 Å². The highest BCUT2D eigenvalue weighted by atomic mass is 32.2. The van der Waals surface area contributed by atoms with Gasteiger partial charge in [0, 0.05) is 18.8 Å². The molecular weight excluding hydrogens is 334 g/mol. The normalized spacial score (nSPS) is 16.6. The van der Waals surface area contributed by atoms with Gasteiger partial charge in [-0.05, 0) is 30.9 Å².